The lowest BCUT2D eigenvalue weighted by atomic mass is 9.84. The molecule has 1 aromatic carbocycles. The van der Waals surface area contributed by atoms with E-state index >= 15 is 0 Å². The van der Waals surface area contributed by atoms with Gasteiger partial charge in [-0.2, -0.15) is 0 Å². The average Bonchev–Trinajstić information content (AvgIpc) is 2.66. The van der Waals surface area contributed by atoms with Gasteiger partial charge in [-0.05, 0) is 17.2 Å². The van der Waals surface area contributed by atoms with Gasteiger partial charge in [0, 0.05) is 17.6 Å². The van der Waals surface area contributed by atoms with Crippen LogP contribution in [0.4, 0.5) is 5.69 Å². The number of hydrogen-bond acceptors (Lipinski definition) is 3. The summed E-state index contributed by atoms with van der Waals surface area (Å²) >= 11 is 0. The van der Waals surface area contributed by atoms with Gasteiger partial charge in [-0.25, -0.2) is 0 Å². The van der Waals surface area contributed by atoms with Crippen molar-refractivity contribution >= 4 is 17.9 Å². The van der Waals surface area contributed by atoms with Crippen LogP contribution >= 0.6 is 0 Å². The Labute approximate surface area is 107 Å². The topological polar surface area (TPSA) is 63.4 Å². The van der Waals surface area contributed by atoms with Gasteiger partial charge >= 0.3 is 0 Å². The van der Waals surface area contributed by atoms with Crippen molar-refractivity contribution in [3.8, 4) is 0 Å². The normalized spacial score (nSPS) is 14.8. The highest BCUT2D eigenvalue weighted by atomic mass is 16.2. The van der Waals surface area contributed by atoms with Gasteiger partial charge in [-0.3, -0.25) is 4.79 Å². The smallest absolute Gasteiger partial charge is 0.231 e. The van der Waals surface area contributed by atoms with Crippen molar-refractivity contribution in [3.05, 3.63) is 29.3 Å². The van der Waals surface area contributed by atoms with E-state index in [-0.39, 0.29) is 17.9 Å². The summed E-state index contributed by atoms with van der Waals surface area (Å²) in [5, 5.41) is 0. The molecule has 4 nitrogen and oxygen atoms in total. The summed E-state index contributed by atoms with van der Waals surface area (Å²) in [7, 11) is 0. The zero-order chi connectivity index (χ0) is 13.3. The molecule has 0 spiro atoms. The maximum Gasteiger partial charge on any atom is 0.231 e. The van der Waals surface area contributed by atoms with Crippen LogP contribution in [-0.4, -0.2) is 25.3 Å². The first kappa shape index (κ1) is 12.8. The number of benzene rings is 1. The molecule has 0 atom stereocenters. The lowest BCUT2D eigenvalue weighted by Gasteiger charge is -2.24. The van der Waals surface area contributed by atoms with Crippen molar-refractivity contribution in [2.24, 2.45) is 5.73 Å². The molecule has 0 aromatic heterocycles. The Bertz CT molecular complexity index is 495. The molecular formula is C14H18N2O2. The van der Waals surface area contributed by atoms with Crippen LogP contribution in [0.2, 0.25) is 0 Å². The van der Waals surface area contributed by atoms with E-state index in [1.54, 1.807) is 0 Å². The average molecular weight is 246 g/mol. The van der Waals surface area contributed by atoms with Crippen LogP contribution in [-0.2, 0) is 21.4 Å². The third-order valence-electron chi connectivity index (χ3n) is 3.56. The molecule has 0 saturated heterocycles. The molecule has 4 heteroatoms. The second kappa shape index (κ2) is 4.53. The van der Waals surface area contributed by atoms with Gasteiger partial charge < -0.3 is 15.4 Å². The minimum atomic E-state index is -0.101. The maximum atomic E-state index is 11.8. The number of nitrogens with zero attached hydrogens (tertiary/aromatic N) is 1. The summed E-state index contributed by atoms with van der Waals surface area (Å²) in [6.07, 6.45) is 1.13. The molecule has 0 bridgehead atoms. The van der Waals surface area contributed by atoms with E-state index in [4.69, 9.17) is 5.73 Å². The minimum absolute atomic E-state index is 0.0141. The highest BCUT2D eigenvalue weighted by Crippen LogP contribution is 2.32. The van der Waals surface area contributed by atoms with Gasteiger partial charge in [0.1, 0.15) is 6.29 Å². The summed E-state index contributed by atoms with van der Waals surface area (Å²) < 4.78 is 0. The van der Waals surface area contributed by atoms with E-state index in [1.807, 2.05) is 18.2 Å². The molecule has 1 aromatic rings. The van der Waals surface area contributed by atoms with E-state index in [1.165, 1.54) is 4.90 Å². The molecule has 0 radical (unpaired) electrons. The predicted molar refractivity (Wildman–Crippen MR) is 70.6 cm³/mol. The Balaban J connectivity index is 2.39. The molecule has 96 valence electrons. The highest BCUT2D eigenvalue weighted by molar-refractivity contribution is 6.03. The third-order valence-corrected chi connectivity index (χ3v) is 3.56. The van der Waals surface area contributed by atoms with Crippen molar-refractivity contribution in [1.29, 1.82) is 0 Å². The Hall–Kier alpha value is -1.68. The van der Waals surface area contributed by atoms with Gasteiger partial charge in [0.2, 0.25) is 5.91 Å². The first-order valence-corrected chi connectivity index (χ1v) is 6.07. The molecule has 0 saturated carbocycles. The molecule has 2 N–H and O–H groups in total. The lowest BCUT2D eigenvalue weighted by molar-refractivity contribution is -0.118. The molecule has 0 aliphatic carbocycles. The zero-order valence-corrected chi connectivity index (χ0v) is 10.8. The van der Waals surface area contributed by atoms with Crippen molar-refractivity contribution < 1.29 is 9.59 Å². The van der Waals surface area contributed by atoms with Crippen LogP contribution in [0.1, 0.15) is 25.0 Å². The van der Waals surface area contributed by atoms with Crippen LogP contribution in [0.5, 0.6) is 0 Å². The molecule has 1 amide bonds. The van der Waals surface area contributed by atoms with Crippen LogP contribution in [0.3, 0.4) is 0 Å². The van der Waals surface area contributed by atoms with Crippen LogP contribution in [0.15, 0.2) is 18.2 Å². The number of carbonyl (C=O) groups is 2. The fraction of sp³-hybridized carbons (Fsp3) is 0.429. The molecule has 1 aliphatic rings. The molecule has 2 rings (SSSR count). The maximum absolute atomic E-state index is 11.8. The SMILES string of the molecule is CC(C)(CN)c1ccc2c(c1)CC(=O)N2CC=O. The monoisotopic (exact) mass is 246 g/mol. The van der Waals surface area contributed by atoms with Gasteiger partial charge in [-0.15, -0.1) is 0 Å². The summed E-state index contributed by atoms with van der Waals surface area (Å²) in [6.45, 7) is 4.84. The first-order valence-electron chi connectivity index (χ1n) is 6.07. The number of aldehydes is 1. The van der Waals surface area contributed by atoms with Gasteiger partial charge in [0.15, 0.2) is 0 Å². The van der Waals surface area contributed by atoms with E-state index < -0.39 is 0 Å². The van der Waals surface area contributed by atoms with E-state index in [9.17, 15) is 9.59 Å². The summed E-state index contributed by atoms with van der Waals surface area (Å²) in [5.41, 5.74) is 8.63. The Morgan fingerprint density at radius 1 is 1.44 bits per heavy atom. The Kier molecular flexibility index (Phi) is 3.22. The summed E-state index contributed by atoms with van der Waals surface area (Å²) in [6, 6.07) is 5.93. The second-order valence-corrected chi connectivity index (χ2v) is 5.28. The molecular weight excluding hydrogens is 228 g/mol. The van der Waals surface area contributed by atoms with E-state index in [0.29, 0.717) is 13.0 Å². The largest absolute Gasteiger partial charge is 0.330 e. The number of carbonyl (C=O) groups excluding carboxylic acids is 2. The van der Waals surface area contributed by atoms with Crippen molar-refractivity contribution in [2.45, 2.75) is 25.7 Å². The summed E-state index contributed by atoms with van der Waals surface area (Å²) in [5.74, 6) is -0.0141. The van der Waals surface area contributed by atoms with E-state index in [2.05, 4.69) is 13.8 Å². The standard InChI is InChI=1S/C14H18N2O2/c1-14(2,9-15)11-3-4-12-10(7-11)8-13(18)16(12)5-6-17/h3-4,6-7H,5,8-9,15H2,1-2H3. The van der Waals surface area contributed by atoms with Crippen LogP contribution in [0.25, 0.3) is 0 Å². The number of amides is 1. The molecule has 18 heavy (non-hydrogen) atoms. The van der Waals surface area contributed by atoms with Crippen molar-refractivity contribution in [3.63, 3.8) is 0 Å². The molecule has 0 fully saturated rings. The predicted octanol–water partition coefficient (Wildman–Crippen LogP) is 1.01. The van der Waals surface area contributed by atoms with Crippen molar-refractivity contribution in [2.75, 3.05) is 18.0 Å². The van der Waals surface area contributed by atoms with Crippen LogP contribution < -0.4 is 10.6 Å². The number of rotatable bonds is 4. The van der Waals surface area contributed by atoms with Gasteiger partial charge in [0.25, 0.3) is 0 Å². The van der Waals surface area contributed by atoms with Gasteiger partial charge in [-0.1, -0.05) is 26.0 Å². The fourth-order valence-corrected chi connectivity index (χ4v) is 2.20. The number of fused-ring (bicyclic) bond motifs is 1. The Morgan fingerprint density at radius 2 is 2.17 bits per heavy atom. The molecule has 1 aliphatic heterocycles. The zero-order valence-electron chi connectivity index (χ0n) is 10.8. The van der Waals surface area contributed by atoms with Crippen molar-refractivity contribution in [1.82, 2.24) is 0 Å². The Morgan fingerprint density at radius 3 is 2.78 bits per heavy atom. The third kappa shape index (κ3) is 2.04. The van der Waals surface area contributed by atoms with Gasteiger partial charge in [0.05, 0.1) is 13.0 Å². The fourth-order valence-electron chi connectivity index (χ4n) is 2.20. The summed E-state index contributed by atoms with van der Waals surface area (Å²) in [4.78, 5) is 23.9. The van der Waals surface area contributed by atoms with E-state index in [0.717, 1.165) is 23.1 Å². The number of anilines is 1. The minimum Gasteiger partial charge on any atom is -0.330 e. The van der Waals surface area contributed by atoms with Crippen LogP contribution in [0, 0.1) is 0 Å². The quantitative estimate of drug-likeness (QED) is 0.806. The number of nitrogens with two attached hydrogens (primary N) is 1. The molecule has 0 unspecified atom stereocenters. The second-order valence-electron chi connectivity index (χ2n) is 5.28. The molecule has 1 heterocycles. The highest BCUT2D eigenvalue weighted by Gasteiger charge is 2.28. The number of hydrogen-bond donors (Lipinski definition) is 1. The lowest BCUT2D eigenvalue weighted by Crippen LogP contribution is -2.29. The first-order chi connectivity index (χ1) is 8.49.